The largest absolute Gasteiger partial charge is 0.355 e. The number of benzene rings is 2. The Hall–Kier alpha value is -4.07. The highest BCUT2D eigenvalue weighted by atomic mass is 16.1. The van der Waals surface area contributed by atoms with Gasteiger partial charge in [0.1, 0.15) is 5.82 Å². The molecule has 1 saturated heterocycles. The SMILES string of the molecule is O=C(Nc1ccccc1-c1nc(-c2ccccc2)n[nH]1)C1CCCN(c2cnccn2)C1. The van der Waals surface area contributed by atoms with Gasteiger partial charge in [0.05, 0.1) is 17.8 Å². The van der Waals surface area contributed by atoms with Crippen LogP contribution in [0.3, 0.4) is 0 Å². The summed E-state index contributed by atoms with van der Waals surface area (Å²) in [6, 6.07) is 17.4. The molecule has 1 aliphatic heterocycles. The number of H-pyrrole nitrogens is 1. The molecule has 160 valence electrons. The van der Waals surface area contributed by atoms with Gasteiger partial charge in [-0.1, -0.05) is 42.5 Å². The quantitative estimate of drug-likeness (QED) is 0.505. The molecule has 5 rings (SSSR count). The summed E-state index contributed by atoms with van der Waals surface area (Å²) in [4.78, 5) is 28.4. The Bertz CT molecular complexity index is 1190. The first-order chi connectivity index (χ1) is 15.8. The molecular weight excluding hydrogens is 402 g/mol. The maximum absolute atomic E-state index is 13.1. The van der Waals surface area contributed by atoms with E-state index in [0.717, 1.165) is 36.3 Å². The van der Waals surface area contributed by atoms with Crippen LogP contribution in [0.4, 0.5) is 11.5 Å². The molecule has 0 aliphatic carbocycles. The molecule has 2 aromatic carbocycles. The summed E-state index contributed by atoms with van der Waals surface area (Å²) < 4.78 is 0. The third kappa shape index (κ3) is 4.20. The number of piperidine rings is 1. The molecule has 4 aromatic rings. The molecule has 0 spiro atoms. The second kappa shape index (κ2) is 8.97. The second-order valence-electron chi connectivity index (χ2n) is 7.76. The first-order valence-electron chi connectivity index (χ1n) is 10.7. The predicted molar refractivity (Wildman–Crippen MR) is 123 cm³/mol. The zero-order valence-electron chi connectivity index (χ0n) is 17.5. The van der Waals surface area contributed by atoms with Crippen molar-refractivity contribution in [3.63, 3.8) is 0 Å². The Morgan fingerprint density at radius 1 is 1.06 bits per heavy atom. The van der Waals surface area contributed by atoms with E-state index in [1.807, 2.05) is 54.6 Å². The molecule has 2 N–H and O–H groups in total. The van der Waals surface area contributed by atoms with Gasteiger partial charge in [-0.2, -0.15) is 5.10 Å². The van der Waals surface area contributed by atoms with Crippen molar-refractivity contribution >= 4 is 17.4 Å². The van der Waals surface area contributed by atoms with Gasteiger partial charge in [-0.05, 0) is 25.0 Å². The van der Waals surface area contributed by atoms with Crippen LogP contribution in [0.15, 0.2) is 73.2 Å². The molecule has 0 saturated carbocycles. The molecule has 1 unspecified atom stereocenters. The minimum Gasteiger partial charge on any atom is -0.355 e. The van der Waals surface area contributed by atoms with Gasteiger partial charge in [-0.25, -0.2) is 9.97 Å². The van der Waals surface area contributed by atoms with Crippen LogP contribution < -0.4 is 10.2 Å². The lowest BCUT2D eigenvalue weighted by atomic mass is 9.97. The molecule has 1 atom stereocenters. The maximum Gasteiger partial charge on any atom is 0.229 e. The number of aromatic amines is 1. The fraction of sp³-hybridized carbons (Fsp3) is 0.208. The lowest BCUT2D eigenvalue weighted by molar-refractivity contribution is -0.120. The van der Waals surface area contributed by atoms with Gasteiger partial charge in [-0.15, -0.1) is 0 Å². The highest BCUT2D eigenvalue weighted by Gasteiger charge is 2.27. The summed E-state index contributed by atoms with van der Waals surface area (Å²) in [6.45, 7) is 1.49. The van der Waals surface area contributed by atoms with Gasteiger partial charge >= 0.3 is 0 Å². The fourth-order valence-electron chi connectivity index (χ4n) is 3.99. The lowest BCUT2D eigenvalue weighted by Gasteiger charge is -2.32. The highest BCUT2D eigenvalue weighted by molar-refractivity contribution is 5.96. The highest BCUT2D eigenvalue weighted by Crippen LogP contribution is 2.28. The van der Waals surface area contributed by atoms with E-state index in [0.29, 0.717) is 23.9 Å². The first-order valence-corrected chi connectivity index (χ1v) is 10.7. The Morgan fingerprint density at radius 3 is 2.75 bits per heavy atom. The summed E-state index contributed by atoms with van der Waals surface area (Å²) >= 11 is 0. The van der Waals surface area contributed by atoms with Gasteiger partial charge < -0.3 is 10.2 Å². The molecule has 0 bridgehead atoms. The maximum atomic E-state index is 13.1. The van der Waals surface area contributed by atoms with Crippen LogP contribution in [0.2, 0.25) is 0 Å². The topological polar surface area (TPSA) is 99.7 Å². The van der Waals surface area contributed by atoms with E-state index in [-0.39, 0.29) is 11.8 Å². The Labute approximate surface area is 185 Å². The molecule has 8 nitrogen and oxygen atoms in total. The average molecular weight is 425 g/mol. The number of para-hydroxylation sites is 1. The van der Waals surface area contributed by atoms with E-state index in [4.69, 9.17) is 0 Å². The van der Waals surface area contributed by atoms with E-state index in [1.54, 1.807) is 18.6 Å². The zero-order chi connectivity index (χ0) is 21.8. The number of aromatic nitrogens is 5. The van der Waals surface area contributed by atoms with Gasteiger partial charge in [0.15, 0.2) is 11.6 Å². The molecule has 2 aromatic heterocycles. The summed E-state index contributed by atoms with van der Waals surface area (Å²) in [5, 5.41) is 10.5. The molecule has 32 heavy (non-hydrogen) atoms. The van der Waals surface area contributed by atoms with Crippen molar-refractivity contribution in [2.75, 3.05) is 23.3 Å². The number of carbonyl (C=O) groups excluding carboxylic acids is 1. The molecule has 1 amide bonds. The van der Waals surface area contributed by atoms with Crippen LogP contribution in [0, 0.1) is 5.92 Å². The van der Waals surface area contributed by atoms with E-state index in [1.165, 1.54) is 0 Å². The number of nitrogens with one attached hydrogen (secondary N) is 2. The Morgan fingerprint density at radius 2 is 1.91 bits per heavy atom. The Kier molecular flexibility index (Phi) is 5.57. The van der Waals surface area contributed by atoms with Gasteiger partial charge in [-0.3, -0.25) is 14.9 Å². The fourth-order valence-corrected chi connectivity index (χ4v) is 3.99. The third-order valence-electron chi connectivity index (χ3n) is 5.62. The molecule has 0 radical (unpaired) electrons. The predicted octanol–water partition coefficient (Wildman–Crippen LogP) is 3.78. The number of anilines is 2. The monoisotopic (exact) mass is 425 g/mol. The summed E-state index contributed by atoms with van der Waals surface area (Å²) in [7, 11) is 0. The molecular formula is C24H23N7O. The molecule has 8 heteroatoms. The standard InChI is InChI=1S/C24H23N7O/c32-24(18-9-6-14-31(16-18)21-15-25-12-13-26-21)27-20-11-5-4-10-19(20)23-28-22(29-30-23)17-7-2-1-3-8-17/h1-5,7-8,10-13,15,18H,6,9,14,16H2,(H,27,32)(H,28,29,30). The smallest absolute Gasteiger partial charge is 0.229 e. The third-order valence-corrected chi connectivity index (χ3v) is 5.62. The second-order valence-corrected chi connectivity index (χ2v) is 7.76. The van der Waals surface area contributed by atoms with Gasteiger partial charge in [0, 0.05) is 36.6 Å². The number of amides is 1. The first kappa shape index (κ1) is 19.9. The van der Waals surface area contributed by atoms with Crippen molar-refractivity contribution in [1.82, 2.24) is 25.1 Å². The minimum atomic E-state index is -0.131. The van der Waals surface area contributed by atoms with Crippen molar-refractivity contribution in [1.29, 1.82) is 0 Å². The lowest BCUT2D eigenvalue weighted by Crippen LogP contribution is -2.41. The number of hydrogen-bond acceptors (Lipinski definition) is 6. The van der Waals surface area contributed by atoms with Gasteiger partial charge in [0.25, 0.3) is 0 Å². The Balaban J connectivity index is 1.33. The van der Waals surface area contributed by atoms with Crippen LogP contribution in [0.25, 0.3) is 22.8 Å². The number of carbonyl (C=O) groups is 1. The van der Waals surface area contributed by atoms with E-state index >= 15 is 0 Å². The molecule has 3 heterocycles. The van der Waals surface area contributed by atoms with E-state index in [9.17, 15) is 4.79 Å². The van der Waals surface area contributed by atoms with Crippen molar-refractivity contribution in [2.45, 2.75) is 12.8 Å². The number of hydrogen-bond donors (Lipinski definition) is 2. The minimum absolute atomic E-state index is 0.00571. The van der Waals surface area contributed by atoms with Gasteiger partial charge in [0.2, 0.25) is 5.91 Å². The van der Waals surface area contributed by atoms with Crippen molar-refractivity contribution < 1.29 is 4.79 Å². The summed E-state index contributed by atoms with van der Waals surface area (Å²) in [5.74, 6) is 1.90. The molecule has 1 aliphatic rings. The number of nitrogens with zero attached hydrogens (tertiary/aromatic N) is 5. The van der Waals surface area contributed by atoms with Crippen LogP contribution in [-0.4, -0.2) is 44.1 Å². The van der Waals surface area contributed by atoms with Crippen molar-refractivity contribution in [2.24, 2.45) is 5.92 Å². The van der Waals surface area contributed by atoms with Crippen molar-refractivity contribution in [3.8, 4) is 22.8 Å². The van der Waals surface area contributed by atoms with Crippen LogP contribution >= 0.6 is 0 Å². The zero-order valence-corrected chi connectivity index (χ0v) is 17.5. The normalized spacial score (nSPS) is 16.0. The summed E-state index contributed by atoms with van der Waals surface area (Å²) in [5.41, 5.74) is 2.45. The van der Waals surface area contributed by atoms with Crippen LogP contribution in [0.1, 0.15) is 12.8 Å². The van der Waals surface area contributed by atoms with E-state index < -0.39 is 0 Å². The van der Waals surface area contributed by atoms with Crippen LogP contribution in [-0.2, 0) is 4.79 Å². The van der Waals surface area contributed by atoms with E-state index in [2.05, 4.69) is 35.4 Å². The van der Waals surface area contributed by atoms with Crippen LogP contribution in [0.5, 0.6) is 0 Å². The number of rotatable bonds is 5. The average Bonchev–Trinajstić information content (AvgIpc) is 3.36. The molecule has 1 fully saturated rings. The summed E-state index contributed by atoms with van der Waals surface area (Å²) in [6.07, 6.45) is 6.84. The van der Waals surface area contributed by atoms with Crippen molar-refractivity contribution in [3.05, 3.63) is 73.2 Å².